The van der Waals surface area contributed by atoms with E-state index >= 15 is 0 Å². The zero-order valence-electron chi connectivity index (χ0n) is 11.9. The van der Waals surface area contributed by atoms with Crippen LogP contribution in [-0.4, -0.2) is 16.8 Å². The average Bonchev–Trinajstić information content (AvgIpc) is 2.76. The van der Waals surface area contributed by atoms with Gasteiger partial charge in [0.15, 0.2) is 0 Å². The molecule has 0 spiro atoms. The summed E-state index contributed by atoms with van der Waals surface area (Å²) in [6, 6.07) is 6.91. The molecule has 0 saturated heterocycles. The van der Waals surface area contributed by atoms with Crippen molar-refractivity contribution in [3.63, 3.8) is 0 Å². The molecule has 0 saturated carbocycles. The molecule has 1 atom stereocenters. The minimum absolute atomic E-state index is 0.0446. The van der Waals surface area contributed by atoms with Crippen LogP contribution in [0.4, 0.5) is 4.39 Å². The standard InChI is InChI=1S/C15H20FN3/c1-5-19-14(8-11(3)18-19)15(17-4)13-9-12(16)7-6-10(13)2/h6-9,15,17H,5H2,1-4H3. The summed E-state index contributed by atoms with van der Waals surface area (Å²) in [6.07, 6.45) is 0. The number of benzene rings is 1. The summed E-state index contributed by atoms with van der Waals surface area (Å²) in [6.45, 7) is 6.83. The number of aryl methyl sites for hydroxylation is 3. The van der Waals surface area contributed by atoms with Crippen molar-refractivity contribution in [2.24, 2.45) is 0 Å². The first kappa shape index (κ1) is 13.7. The van der Waals surface area contributed by atoms with E-state index in [4.69, 9.17) is 0 Å². The van der Waals surface area contributed by atoms with Crippen LogP contribution in [0, 0.1) is 19.7 Å². The van der Waals surface area contributed by atoms with E-state index in [1.165, 1.54) is 6.07 Å². The van der Waals surface area contributed by atoms with E-state index in [0.29, 0.717) is 0 Å². The lowest BCUT2D eigenvalue weighted by Gasteiger charge is -2.20. The van der Waals surface area contributed by atoms with Gasteiger partial charge in [0.2, 0.25) is 0 Å². The van der Waals surface area contributed by atoms with Gasteiger partial charge in [-0.1, -0.05) is 6.07 Å². The highest BCUT2D eigenvalue weighted by atomic mass is 19.1. The van der Waals surface area contributed by atoms with Crippen molar-refractivity contribution in [1.82, 2.24) is 15.1 Å². The van der Waals surface area contributed by atoms with Crippen LogP contribution in [0.2, 0.25) is 0 Å². The van der Waals surface area contributed by atoms with Gasteiger partial charge >= 0.3 is 0 Å². The molecule has 1 N–H and O–H groups in total. The molecule has 2 aromatic rings. The maximum Gasteiger partial charge on any atom is 0.123 e. The van der Waals surface area contributed by atoms with Gasteiger partial charge in [0.05, 0.1) is 17.4 Å². The van der Waals surface area contributed by atoms with E-state index in [9.17, 15) is 4.39 Å². The molecule has 102 valence electrons. The highest BCUT2D eigenvalue weighted by Crippen LogP contribution is 2.26. The van der Waals surface area contributed by atoms with Gasteiger partial charge in [0.25, 0.3) is 0 Å². The third-order valence-corrected chi connectivity index (χ3v) is 3.37. The van der Waals surface area contributed by atoms with Crippen molar-refractivity contribution >= 4 is 0 Å². The van der Waals surface area contributed by atoms with E-state index in [0.717, 1.165) is 29.1 Å². The lowest BCUT2D eigenvalue weighted by Crippen LogP contribution is -2.22. The number of rotatable bonds is 4. The Bertz CT molecular complexity index is 575. The molecule has 0 aliphatic rings. The van der Waals surface area contributed by atoms with E-state index in [1.807, 2.05) is 31.6 Å². The van der Waals surface area contributed by atoms with Crippen molar-refractivity contribution in [1.29, 1.82) is 0 Å². The molecule has 2 rings (SSSR count). The van der Waals surface area contributed by atoms with Gasteiger partial charge in [0.1, 0.15) is 5.82 Å². The predicted octanol–water partition coefficient (Wildman–Crippen LogP) is 2.97. The van der Waals surface area contributed by atoms with Crippen LogP contribution in [0.5, 0.6) is 0 Å². The number of hydrogen-bond acceptors (Lipinski definition) is 2. The van der Waals surface area contributed by atoms with Crippen LogP contribution in [0.3, 0.4) is 0 Å². The highest BCUT2D eigenvalue weighted by Gasteiger charge is 2.19. The molecule has 0 radical (unpaired) electrons. The van der Waals surface area contributed by atoms with Crippen molar-refractivity contribution in [3.05, 3.63) is 52.6 Å². The average molecular weight is 261 g/mol. The second-order valence-corrected chi connectivity index (χ2v) is 4.75. The number of aromatic nitrogens is 2. The largest absolute Gasteiger partial charge is 0.308 e. The molecule has 0 amide bonds. The molecule has 1 aromatic carbocycles. The minimum atomic E-state index is -0.208. The molecular formula is C15H20FN3. The quantitative estimate of drug-likeness (QED) is 0.917. The Hall–Kier alpha value is -1.68. The van der Waals surface area contributed by atoms with E-state index in [-0.39, 0.29) is 11.9 Å². The van der Waals surface area contributed by atoms with Crippen molar-refractivity contribution in [2.45, 2.75) is 33.4 Å². The fourth-order valence-electron chi connectivity index (χ4n) is 2.44. The summed E-state index contributed by atoms with van der Waals surface area (Å²) in [7, 11) is 1.89. The van der Waals surface area contributed by atoms with E-state index < -0.39 is 0 Å². The van der Waals surface area contributed by atoms with Gasteiger partial charge in [-0.25, -0.2) is 4.39 Å². The first-order chi connectivity index (χ1) is 9.06. The lowest BCUT2D eigenvalue weighted by molar-refractivity contribution is 0.555. The van der Waals surface area contributed by atoms with Gasteiger partial charge in [0, 0.05) is 6.54 Å². The van der Waals surface area contributed by atoms with Gasteiger partial charge in [-0.2, -0.15) is 5.10 Å². The van der Waals surface area contributed by atoms with Crippen molar-refractivity contribution < 1.29 is 4.39 Å². The molecule has 19 heavy (non-hydrogen) atoms. The van der Waals surface area contributed by atoms with Crippen LogP contribution < -0.4 is 5.32 Å². The summed E-state index contributed by atoms with van der Waals surface area (Å²) in [5.74, 6) is -0.208. The summed E-state index contributed by atoms with van der Waals surface area (Å²) in [5, 5.41) is 7.72. The van der Waals surface area contributed by atoms with E-state index in [2.05, 4.69) is 23.4 Å². The monoisotopic (exact) mass is 261 g/mol. The first-order valence-electron chi connectivity index (χ1n) is 6.54. The third-order valence-electron chi connectivity index (χ3n) is 3.37. The second kappa shape index (κ2) is 5.53. The molecule has 0 bridgehead atoms. The number of nitrogens with zero attached hydrogens (tertiary/aromatic N) is 2. The van der Waals surface area contributed by atoms with Crippen LogP contribution in [0.15, 0.2) is 24.3 Å². The molecule has 0 fully saturated rings. The fourth-order valence-corrected chi connectivity index (χ4v) is 2.44. The SMILES string of the molecule is CCn1nc(C)cc1C(NC)c1cc(F)ccc1C. The topological polar surface area (TPSA) is 29.9 Å². The second-order valence-electron chi connectivity index (χ2n) is 4.75. The minimum Gasteiger partial charge on any atom is -0.308 e. The van der Waals surface area contributed by atoms with Crippen LogP contribution in [0.25, 0.3) is 0 Å². The Morgan fingerprint density at radius 1 is 1.32 bits per heavy atom. The zero-order chi connectivity index (χ0) is 14.0. The lowest BCUT2D eigenvalue weighted by atomic mass is 9.98. The molecular weight excluding hydrogens is 241 g/mol. The summed E-state index contributed by atoms with van der Waals surface area (Å²) in [4.78, 5) is 0. The normalized spacial score (nSPS) is 12.7. The predicted molar refractivity (Wildman–Crippen MR) is 74.7 cm³/mol. The first-order valence-corrected chi connectivity index (χ1v) is 6.54. The van der Waals surface area contributed by atoms with Gasteiger partial charge in [-0.15, -0.1) is 0 Å². The third kappa shape index (κ3) is 2.68. The Labute approximate surface area is 113 Å². The molecule has 0 aliphatic heterocycles. The highest BCUT2D eigenvalue weighted by molar-refractivity contribution is 5.35. The summed E-state index contributed by atoms with van der Waals surface area (Å²) < 4.78 is 15.5. The summed E-state index contributed by atoms with van der Waals surface area (Å²) >= 11 is 0. The number of hydrogen-bond donors (Lipinski definition) is 1. The molecule has 4 heteroatoms. The van der Waals surface area contributed by atoms with Crippen LogP contribution in [0.1, 0.15) is 35.5 Å². The molecule has 1 aromatic heterocycles. The Kier molecular flexibility index (Phi) is 4.00. The molecule has 3 nitrogen and oxygen atoms in total. The van der Waals surface area contributed by atoms with Gasteiger partial charge in [-0.05, 0) is 57.1 Å². The summed E-state index contributed by atoms with van der Waals surface area (Å²) in [5.41, 5.74) is 4.07. The van der Waals surface area contributed by atoms with Gasteiger partial charge in [-0.3, -0.25) is 4.68 Å². The molecule has 1 heterocycles. The maximum absolute atomic E-state index is 13.5. The van der Waals surface area contributed by atoms with E-state index in [1.54, 1.807) is 6.07 Å². The Balaban J connectivity index is 2.52. The Morgan fingerprint density at radius 3 is 2.68 bits per heavy atom. The maximum atomic E-state index is 13.5. The number of halogens is 1. The molecule has 0 aliphatic carbocycles. The van der Waals surface area contributed by atoms with Crippen molar-refractivity contribution in [2.75, 3.05) is 7.05 Å². The fraction of sp³-hybridized carbons (Fsp3) is 0.400. The van der Waals surface area contributed by atoms with Crippen LogP contribution >= 0.6 is 0 Å². The zero-order valence-corrected chi connectivity index (χ0v) is 11.9. The van der Waals surface area contributed by atoms with Crippen LogP contribution in [-0.2, 0) is 6.54 Å². The van der Waals surface area contributed by atoms with Gasteiger partial charge < -0.3 is 5.32 Å². The van der Waals surface area contributed by atoms with Crippen molar-refractivity contribution in [3.8, 4) is 0 Å². The Morgan fingerprint density at radius 2 is 2.05 bits per heavy atom. The smallest absolute Gasteiger partial charge is 0.123 e. The molecule has 1 unspecified atom stereocenters. The number of nitrogens with one attached hydrogen (secondary N) is 1.